The van der Waals surface area contributed by atoms with E-state index < -0.39 is 40.0 Å². The van der Waals surface area contributed by atoms with Crippen LogP contribution >= 0.6 is 0 Å². The highest BCUT2D eigenvalue weighted by molar-refractivity contribution is 7.90. The van der Waals surface area contributed by atoms with Gasteiger partial charge in [0.05, 0.1) is 0 Å². The minimum Gasteiger partial charge on any atom is -0.485 e. The molecule has 1 saturated heterocycles. The van der Waals surface area contributed by atoms with Gasteiger partial charge in [-0.25, -0.2) is 17.9 Å². The zero-order chi connectivity index (χ0) is 24.4. The molecule has 2 heterocycles. The summed E-state index contributed by atoms with van der Waals surface area (Å²) in [6.07, 6.45) is -17.3. The summed E-state index contributed by atoms with van der Waals surface area (Å²) >= 11 is 0. The Balaban J connectivity index is 1.48. The lowest BCUT2D eigenvalue weighted by molar-refractivity contribution is -0.308. The molecule has 0 aliphatic carbocycles. The summed E-state index contributed by atoms with van der Waals surface area (Å²) in [5.41, 5.74) is -1.30. The van der Waals surface area contributed by atoms with E-state index in [1.54, 1.807) is 24.3 Å². The summed E-state index contributed by atoms with van der Waals surface area (Å²) in [5, 5.41) is 0. The van der Waals surface area contributed by atoms with E-state index in [4.69, 9.17) is 9.47 Å². The number of rotatable bonds is 5. The van der Waals surface area contributed by atoms with Gasteiger partial charge >= 0.3 is 18.4 Å². The second-order valence-electron chi connectivity index (χ2n) is 7.48. The Bertz CT molecular complexity index is 932. The number of piperidine rings is 1. The number of sulfonamides is 1. The zero-order valence-corrected chi connectivity index (χ0v) is 17.7. The first kappa shape index (κ1) is 25.2. The number of hydrogen-bond acceptors (Lipinski definition) is 6. The summed E-state index contributed by atoms with van der Waals surface area (Å²) in [5.74, 6) is 0.366. The maximum atomic E-state index is 12.6. The summed E-state index contributed by atoms with van der Waals surface area (Å²) < 4.78 is 117. The predicted molar refractivity (Wildman–Crippen MR) is 100.0 cm³/mol. The lowest BCUT2D eigenvalue weighted by atomic mass is 9.97. The molecule has 8 nitrogen and oxygen atoms in total. The van der Waals surface area contributed by atoms with E-state index in [2.05, 4.69) is 9.46 Å². The van der Waals surface area contributed by atoms with Crippen LogP contribution in [0.3, 0.4) is 0 Å². The van der Waals surface area contributed by atoms with Crippen molar-refractivity contribution in [3.8, 4) is 11.5 Å². The maximum Gasteiger partial charge on any atom is 0.434 e. The van der Waals surface area contributed by atoms with Crippen LogP contribution in [0.2, 0.25) is 0 Å². The van der Waals surface area contributed by atoms with Crippen LogP contribution in [0.4, 0.5) is 31.1 Å². The van der Waals surface area contributed by atoms with Crippen molar-refractivity contribution in [1.29, 1.82) is 0 Å². The number of hydrogen-bond donors (Lipinski definition) is 1. The number of ether oxygens (including phenoxy) is 3. The molecule has 2 aliphatic rings. The molecule has 0 radical (unpaired) electrons. The number of nitrogens with zero attached hydrogens (tertiary/aromatic N) is 1. The van der Waals surface area contributed by atoms with E-state index in [1.165, 1.54) is 0 Å². The Labute approximate surface area is 184 Å². The number of nitrogens with one attached hydrogen (secondary N) is 1. The fourth-order valence-corrected chi connectivity index (χ4v) is 4.43. The Morgan fingerprint density at radius 2 is 1.67 bits per heavy atom. The minimum atomic E-state index is -5.80. The van der Waals surface area contributed by atoms with Gasteiger partial charge in [-0.3, -0.25) is 0 Å². The average Bonchev–Trinajstić information content (AvgIpc) is 2.74. The highest BCUT2D eigenvalue weighted by Gasteiger charge is 2.60. The number of carbonyl (C=O) groups is 1. The summed E-state index contributed by atoms with van der Waals surface area (Å²) in [6, 6.07) is 6.52. The van der Waals surface area contributed by atoms with Crippen LogP contribution in [0.1, 0.15) is 12.8 Å². The van der Waals surface area contributed by atoms with Gasteiger partial charge in [-0.15, -0.1) is 0 Å². The van der Waals surface area contributed by atoms with E-state index in [1.807, 2.05) is 0 Å². The van der Waals surface area contributed by atoms with Gasteiger partial charge in [0.1, 0.15) is 6.61 Å². The van der Waals surface area contributed by atoms with Crippen LogP contribution < -0.4 is 14.2 Å². The summed E-state index contributed by atoms with van der Waals surface area (Å²) in [6.45, 7) is -0.676. The highest BCUT2D eigenvalue weighted by atomic mass is 32.2. The largest absolute Gasteiger partial charge is 0.485 e. The molecular weight excluding hydrogens is 486 g/mol. The fraction of sp³-hybridized carbons (Fsp3) is 0.611. The Hall–Kier alpha value is -2.42. The Kier molecular flexibility index (Phi) is 7.21. The van der Waals surface area contributed by atoms with Crippen LogP contribution in [0.25, 0.3) is 0 Å². The third-order valence-corrected chi connectivity index (χ3v) is 6.58. The Morgan fingerprint density at radius 3 is 2.24 bits per heavy atom. The number of likely N-dealkylation sites (tertiary alicyclic amines) is 1. The molecule has 0 spiro atoms. The second-order valence-corrected chi connectivity index (χ2v) is 9.38. The SMILES string of the molecule is O=C(OC(C(F)(F)F)C(F)(F)F)N1CCC(CNS(=O)(=O)C2COc3ccccc3O2)CC1. The van der Waals surface area contributed by atoms with E-state index in [0.29, 0.717) is 5.75 Å². The first-order valence-corrected chi connectivity index (χ1v) is 11.3. The molecule has 15 heteroatoms. The number of amides is 1. The van der Waals surface area contributed by atoms with Gasteiger partial charge in [-0.2, -0.15) is 26.3 Å². The second kappa shape index (κ2) is 9.44. The summed E-state index contributed by atoms with van der Waals surface area (Å²) in [7, 11) is -3.96. The molecule has 0 bridgehead atoms. The molecule has 33 heavy (non-hydrogen) atoms. The van der Waals surface area contributed by atoms with Gasteiger partial charge in [0.2, 0.25) is 5.44 Å². The molecule has 3 rings (SSSR count). The number of para-hydroxylation sites is 2. The average molecular weight is 506 g/mol. The standard InChI is InChI=1S/C18H20F6N2O6S/c19-17(20,21)15(18(22,23)24)32-16(27)26-7-5-11(6-8-26)9-25-33(28,29)14-10-30-12-3-1-2-4-13(12)31-14/h1-4,11,14-15,25H,5-10H2. The molecule has 1 atom stereocenters. The predicted octanol–water partition coefficient (Wildman–Crippen LogP) is 3.05. The minimum absolute atomic E-state index is 0.0551. The maximum absolute atomic E-state index is 12.6. The van der Waals surface area contributed by atoms with Crippen molar-refractivity contribution in [2.45, 2.75) is 36.7 Å². The highest BCUT2D eigenvalue weighted by Crippen LogP contribution is 2.36. The zero-order valence-electron chi connectivity index (χ0n) is 16.9. The smallest absolute Gasteiger partial charge is 0.434 e. The van der Waals surface area contributed by atoms with Gasteiger partial charge < -0.3 is 19.1 Å². The van der Waals surface area contributed by atoms with Gasteiger partial charge in [0.25, 0.3) is 16.1 Å². The molecule has 1 aromatic carbocycles. The van der Waals surface area contributed by atoms with E-state index in [9.17, 15) is 39.6 Å². The number of alkyl halides is 6. The molecule has 1 N–H and O–H groups in total. The molecular formula is C18H20F6N2O6S. The lowest BCUT2D eigenvalue weighted by Gasteiger charge is -2.33. The van der Waals surface area contributed by atoms with Crippen LogP contribution in [0.15, 0.2) is 24.3 Å². The molecule has 0 saturated carbocycles. The molecule has 1 aromatic rings. The normalized spacial score (nSPS) is 20.1. The number of fused-ring (bicyclic) bond motifs is 1. The molecule has 0 aromatic heterocycles. The fourth-order valence-electron chi connectivity index (χ4n) is 3.29. The van der Waals surface area contributed by atoms with E-state index in [0.717, 1.165) is 4.90 Å². The van der Waals surface area contributed by atoms with Crippen LogP contribution in [-0.2, 0) is 14.8 Å². The van der Waals surface area contributed by atoms with Crippen molar-refractivity contribution in [2.24, 2.45) is 5.92 Å². The van der Waals surface area contributed by atoms with Gasteiger partial charge in [-0.05, 0) is 30.9 Å². The van der Waals surface area contributed by atoms with Gasteiger partial charge in [0.15, 0.2) is 11.5 Å². The van der Waals surface area contributed by atoms with Crippen molar-refractivity contribution in [3.05, 3.63) is 24.3 Å². The van der Waals surface area contributed by atoms with Crippen molar-refractivity contribution in [3.63, 3.8) is 0 Å². The van der Waals surface area contributed by atoms with Crippen LogP contribution in [-0.4, -0.2) is 69.5 Å². The number of halogens is 6. The molecule has 1 amide bonds. The van der Waals surface area contributed by atoms with E-state index in [-0.39, 0.29) is 50.8 Å². The molecule has 1 unspecified atom stereocenters. The van der Waals surface area contributed by atoms with Gasteiger partial charge in [-0.1, -0.05) is 12.1 Å². The van der Waals surface area contributed by atoms with Crippen LogP contribution in [0, 0.1) is 5.92 Å². The van der Waals surface area contributed by atoms with Crippen molar-refractivity contribution in [1.82, 2.24) is 9.62 Å². The third kappa shape index (κ3) is 6.34. The first-order valence-electron chi connectivity index (χ1n) is 9.73. The van der Waals surface area contributed by atoms with E-state index >= 15 is 0 Å². The lowest BCUT2D eigenvalue weighted by Crippen LogP contribution is -2.50. The third-order valence-electron chi connectivity index (χ3n) is 5.09. The first-order chi connectivity index (χ1) is 15.3. The quantitative estimate of drug-likeness (QED) is 0.618. The number of carbonyl (C=O) groups excluding carboxylic acids is 1. The van der Waals surface area contributed by atoms with Crippen molar-refractivity contribution < 1.29 is 53.8 Å². The van der Waals surface area contributed by atoms with Crippen LogP contribution in [0.5, 0.6) is 11.5 Å². The molecule has 186 valence electrons. The topological polar surface area (TPSA) is 94.2 Å². The summed E-state index contributed by atoms with van der Waals surface area (Å²) in [4.78, 5) is 12.5. The monoisotopic (exact) mass is 506 g/mol. The molecule has 2 aliphatic heterocycles. The number of benzene rings is 1. The van der Waals surface area contributed by atoms with Crippen molar-refractivity contribution >= 4 is 16.1 Å². The Morgan fingerprint density at radius 1 is 1.09 bits per heavy atom. The van der Waals surface area contributed by atoms with Gasteiger partial charge in [0, 0.05) is 19.6 Å². The van der Waals surface area contributed by atoms with Crippen molar-refractivity contribution in [2.75, 3.05) is 26.2 Å². The molecule has 1 fully saturated rings.